The van der Waals surface area contributed by atoms with Crippen molar-refractivity contribution in [2.24, 2.45) is 0 Å². The van der Waals surface area contributed by atoms with Gasteiger partial charge in [-0.25, -0.2) is 4.39 Å². The molecule has 2 rings (SSSR count). The Morgan fingerprint density at radius 2 is 1.83 bits per heavy atom. The maximum absolute atomic E-state index is 13.3. The van der Waals surface area contributed by atoms with Crippen LogP contribution in [0.5, 0.6) is 0 Å². The van der Waals surface area contributed by atoms with Crippen LogP contribution in [0, 0.1) is 5.82 Å². The lowest BCUT2D eigenvalue weighted by Crippen LogP contribution is -2.21. The molecule has 94 valence electrons. The second-order valence-electron chi connectivity index (χ2n) is 4.07. The standard InChI is InChI=1S/C15H15BrFN/c1-2-18-15(11-6-4-3-5-7-11)12-8-9-14(17)13(16)10-12/h3-10,15,18H,2H2,1H3. The molecule has 0 aromatic heterocycles. The highest BCUT2D eigenvalue weighted by molar-refractivity contribution is 9.10. The van der Waals surface area contributed by atoms with Crippen LogP contribution >= 0.6 is 15.9 Å². The molecule has 3 heteroatoms. The Bertz CT molecular complexity index is 513. The van der Waals surface area contributed by atoms with Gasteiger partial charge in [0.15, 0.2) is 0 Å². The summed E-state index contributed by atoms with van der Waals surface area (Å²) in [6.07, 6.45) is 0. The summed E-state index contributed by atoms with van der Waals surface area (Å²) < 4.78 is 13.8. The smallest absolute Gasteiger partial charge is 0.137 e. The van der Waals surface area contributed by atoms with Crippen LogP contribution in [0.4, 0.5) is 4.39 Å². The highest BCUT2D eigenvalue weighted by Crippen LogP contribution is 2.26. The zero-order valence-electron chi connectivity index (χ0n) is 10.2. The summed E-state index contributed by atoms with van der Waals surface area (Å²) in [5.41, 5.74) is 2.23. The third-order valence-electron chi connectivity index (χ3n) is 2.82. The van der Waals surface area contributed by atoms with E-state index in [1.54, 1.807) is 0 Å². The first kappa shape index (κ1) is 13.2. The molecule has 1 unspecified atom stereocenters. The zero-order valence-corrected chi connectivity index (χ0v) is 11.7. The van der Waals surface area contributed by atoms with Crippen LogP contribution in [0.15, 0.2) is 53.0 Å². The molecule has 18 heavy (non-hydrogen) atoms. The molecule has 0 fully saturated rings. The van der Waals surface area contributed by atoms with Crippen molar-refractivity contribution in [1.29, 1.82) is 0 Å². The topological polar surface area (TPSA) is 12.0 Å². The Morgan fingerprint density at radius 3 is 2.44 bits per heavy atom. The summed E-state index contributed by atoms with van der Waals surface area (Å²) >= 11 is 3.24. The minimum absolute atomic E-state index is 0.0908. The molecule has 0 saturated heterocycles. The van der Waals surface area contributed by atoms with Crippen LogP contribution in [0.1, 0.15) is 24.1 Å². The van der Waals surface area contributed by atoms with Crippen LogP contribution < -0.4 is 5.32 Å². The Kier molecular flexibility index (Phi) is 4.50. The van der Waals surface area contributed by atoms with Crippen molar-refractivity contribution in [3.8, 4) is 0 Å². The van der Waals surface area contributed by atoms with Crippen LogP contribution in [0.25, 0.3) is 0 Å². The summed E-state index contributed by atoms with van der Waals surface area (Å²) in [6, 6.07) is 15.4. The van der Waals surface area contributed by atoms with Crippen molar-refractivity contribution in [2.45, 2.75) is 13.0 Å². The Labute approximate surface area is 115 Å². The molecule has 1 N–H and O–H groups in total. The molecule has 2 aromatic rings. The molecule has 0 spiro atoms. The molecular weight excluding hydrogens is 293 g/mol. The Balaban J connectivity index is 2.38. The Morgan fingerprint density at radius 1 is 1.11 bits per heavy atom. The first-order valence-corrected chi connectivity index (χ1v) is 6.75. The Hall–Kier alpha value is -1.19. The van der Waals surface area contributed by atoms with E-state index in [1.807, 2.05) is 30.3 Å². The number of nitrogens with one attached hydrogen (secondary N) is 1. The maximum Gasteiger partial charge on any atom is 0.137 e. The van der Waals surface area contributed by atoms with Crippen LogP contribution in [-0.2, 0) is 0 Å². The minimum Gasteiger partial charge on any atom is -0.307 e. The highest BCUT2D eigenvalue weighted by Gasteiger charge is 2.13. The van der Waals surface area contributed by atoms with Crippen molar-refractivity contribution in [3.05, 3.63) is 69.9 Å². The van der Waals surface area contributed by atoms with E-state index in [2.05, 4.69) is 40.3 Å². The lowest BCUT2D eigenvalue weighted by molar-refractivity contribution is 0.608. The van der Waals surface area contributed by atoms with Gasteiger partial charge >= 0.3 is 0 Å². The highest BCUT2D eigenvalue weighted by atomic mass is 79.9. The van der Waals surface area contributed by atoms with E-state index in [9.17, 15) is 4.39 Å². The number of hydrogen-bond acceptors (Lipinski definition) is 1. The molecule has 0 heterocycles. The van der Waals surface area contributed by atoms with E-state index in [0.717, 1.165) is 12.1 Å². The number of halogens is 2. The van der Waals surface area contributed by atoms with Crippen molar-refractivity contribution in [1.82, 2.24) is 5.32 Å². The van der Waals surface area contributed by atoms with Gasteiger partial charge in [-0.2, -0.15) is 0 Å². The first-order valence-electron chi connectivity index (χ1n) is 5.95. The maximum atomic E-state index is 13.3. The van der Waals surface area contributed by atoms with Crippen molar-refractivity contribution >= 4 is 15.9 Å². The van der Waals surface area contributed by atoms with Gasteiger partial charge in [0.1, 0.15) is 5.82 Å². The third kappa shape index (κ3) is 2.98. The SMILES string of the molecule is CCNC(c1ccccc1)c1ccc(F)c(Br)c1. The molecule has 1 atom stereocenters. The lowest BCUT2D eigenvalue weighted by atomic mass is 9.99. The zero-order chi connectivity index (χ0) is 13.0. The van der Waals surface area contributed by atoms with Crippen LogP contribution in [-0.4, -0.2) is 6.54 Å². The second-order valence-corrected chi connectivity index (χ2v) is 4.93. The normalized spacial score (nSPS) is 12.4. The molecule has 0 aliphatic carbocycles. The van der Waals surface area contributed by atoms with Gasteiger partial charge in [-0.05, 0) is 45.7 Å². The van der Waals surface area contributed by atoms with Gasteiger partial charge < -0.3 is 5.32 Å². The predicted octanol–water partition coefficient (Wildman–Crippen LogP) is 4.29. The second kappa shape index (κ2) is 6.12. The van der Waals surface area contributed by atoms with E-state index < -0.39 is 0 Å². The fraction of sp³-hybridized carbons (Fsp3) is 0.200. The predicted molar refractivity (Wildman–Crippen MR) is 76.1 cm³/mol. The van der Waals surface area contributed by atoms with Crippen molar-refractivity contribution < 1.29 is 4.39 Å². The summed E-state index contributed by atoms with van der Waals surface area (Å²) in [4.78, 5) is 0. The van der Waals surface area contributed by atoms with Gasteiger partial charge in [0, 0.05) is 0 Å². The number of rotatable bonds is 4. The van der Waals surface area contributed by atoms with Gasteiger partial charge in [-0.15, -0.1) is 0 Å². The van der Waals surface area contributed by atoms with Gasteiger partial charge in [0.2, 0.25) is 0 Å². The van der Waals surface area contributed by atoms with Crippen molar-refractivity contribution in [3.63, 3.8) is 0 Å². The molecule has 0 radical (unpaired) electrons. The number of hydrogen-bond donors (Lipinski definition) is 1. The van der Waals surface area contributed by atoms with Crippen LogP contribution in [0.2, 0.25) is 0 Å². The summed E-state index contributed by atoms with van der Waals surface area (Å²) in [5, 5.41) is 3.42. The molecular formula is C15H15BrFN. The molecule has 0 aliphatic heterocycles. The fourth-order valence-corrected chi connectivity index (χ4v) is 2.37. The molecule has 0 aliphatic rings. The van der Waals surface area contributed by atoms with Gasteiger partial charge in [-0.1, -0.05) is 43.3 Å². The quantitative estimate of drug-likeness (QED) is 0.888. The molecule has 0 saturated carbocycles. The number of benzene rings is 2. The third-order valence-corrected chi connectivity index (χ3v) is 3.43. The van der Waals surface area contributed by atoms with E-state index >= 15 is 0 Å². The lowest BCUT2D eigenvalue weighted by Gasteiger charge is -2.19. The molecule has 0 amide bonds. The molecule has 0 bridgehead atoms. The monoisotopic (exact) mass is 307 g/mol. The molecule has 2 aromatic carbocycles. The summed E-state index contributed by atoms with van der Waals surface area (Å²) in [6.45, 7) is 2.92. The van der Waals surface area contributed by atoms with Gasteiger partial charge in [0.25, 0.3) is 0 Å². The first-order chi connectivity index (χ1) is 8.72. The average Bonchev–Trinajstić information content (AvgIpc) is 2.40. The van der Waals surface area contributed by atoms with Gasteiger partial charge in [0.05, 0.1) is 10.5 Å². The van der Waals surface area contributed by atoms with E-state index in [1.165, 1.54) is 11.6 Å². The largest absolute Gasteiger partial charge is 0.307 e. The summed E-state index contributed by atoms with van der Waals surface area (Å²) in [5.74, 6) is -0.234. The van der Waals surface area contributed by atoms with E-state index in [4.69, 9.17) is 0 Å². The van der Waals surface area contributed by atoms with Crippen LogP contribution in [0.3, 0.4) is 0 Å². The van der Waals surface area contributed by atoms with Crippen molar-refractivity contribution in [2.75, 3.05) is 6.54 Å². The van der Waals surface area contributed by atoms with Gasteiger partial charge in [-0.3, -0.25) is 0 Å². The van der Waals surface area contributed by atoms with E-state index in [-0.39, 0.29) is 11.9 Å². The fourth-order valence-electron chi connectivity index (χ4n) is 1.97. The average molecular weight is 308 g/mol. The minimum atomic E-state index is -0.234. The molecule has 1 nitrogen and oxygen atoms in total. The van der Waals surface area contributed by atoms with E-state index in [0.29, 0.717) is 4.47 Å². The summed E-state index contributed by atoms with van der Waals surface area (Å²) in [7, 11) is 0.